The van der Waals surface area contributed by atoms with Crippen LogP contribution in [0.5, 0.6) is 0 Å². The van der Waals surface area contributed by atoms with Crippen LogP contribution in [-0.2, 0) is 20.9 Å². The van der Waals surface area contributed by atoms with Crippen LogP contribution in [0, 0.1) is 0 Å². The number of nitrogens with zero attached hydrogens (tertiary/aromatic N) is 2. The molecule has 0 aromatic heterocycles. The van der Waals surface area contributed by atoms with Gasteiger partial charge < -0.3 is 20.1 Å². The molecule has 0 radical (unpaired) electrons. The van der Waals surface area contributed by atoms with E-state index in [2.05, 4.69) is 46.6 Å². The predicted octanol–water partition coefficient (Wildman–Crippen LogP) is 4.88. The predicted molar refractivity (Wildman–Crippen MR) is 156 cm³/mol. The Morgan fingerprint density at radius 3 is 2.02 bits per heavy atom. The lowest BCUT2D eigenvalue weighted by atomic mass is 9.84. The van der Waals surface area contributed by atoms with Crippen LogP contribution in [0.4, 0.5) is 4.79 Å². The fourth-order valence-electron chi connectivity index (χ4n) is 5.88. The van der Waals surface area contributed by atoms with Crippen LogP contribution >= 0.6 is 0 Å². The first-order valence-corrected chi connectivity index (χ1v) is 14.0. The molecule has 8 heteroatoms. The van der Waals surface area contributed by atoms with Crippen LogP contribution in [-0.4, -0.2) is 70.7 Å². The number of piperidine rings is 1. The van der Waals surface area contributed by atoms with Gasteiger partial charge in [-0.1, -0.05) is 78.9 Å². The van der Waals surface area contributed by atoms with Crippen LogP contribution in [0.15, 0.2) is 78.9 Å². The second kappa shape index (κ2) is 11.4. The number of carboxylic acid groups (broad SMARTS) is 1. The monoisotopic (exact) mass is 555 g/mol. The summed E-state index contributed by atoms with van der Waals surface area (Å²) in [7, 11) is 1.48. The van der Waals surface area contributed by atoms with E-state index < -0.39 is 29.0 Å². The van der Waals surface area contributed by atoms with Gasteiger partial charge in [-0.3, -0.25) is 9.69 Å². The van der Waals surface area contributed by atoms with E-state index in [0.717, 1.165) is 28.8 Å². The molecule has 0 saturated carbocycles. The molecule has 3 aromatic carbocycles. The fourth-order valence-corrected chi connectivity index (χ4v) is 5.88. The number of likely N-dealkylation sites (tertiary alicyclic amines) is 1. The van der Waals surface area contributed by atoms with E-state index in [1.54, 1.807) is 0 Å². The van der Waals surface area contributed by atoms with Gasteiger partial charge in [0.25, 0.3) is 0 Å². The zero-order valence-corrected chi connectivity index (χ0v) is 23.8. The average Bonchev–Trinajstić information content (AvgIpc) is 3.30. The van der Waals surface area contributed by atoms with Gasteiger partial charge in [0, 0.05) is 32.6 Å². The van der Waals surface area contributed by atoms with Gasteiger partial charge >= 0.3 is 12.1 Å². The zero-order valence-electron chi connectivity index (χ0n) is 23.8. The number of nitrogens with one attached hydrogen (secondary N) is 1. The third kappa shape index (κ3) is 5.57. The number of hydrogen-bond acceptors (Lipinski definition) is 5. The number of fused-ring (bicyclic) bond motifs is 3. The summed E-state index contributed by atoms with van der Waals surface area (Å²) in [6.07, 6.45) is -0.00975. The van der Waals surface area contributed by atoms with Gasteiger partial charge in [0.05, 0.1) is 0 Å². The van der Waals surface area contributed by atoms with Crippen molar-refractivity contribution in [2.45, 2.75) is 50.2 Å². The van der Waals surface area contributed by atoms with Crippen molar-refractivity contribution in [1.29, 1.82) is 0 Å². The minimum atomic E-state index is -1.45. The molecule has 214 valence electrons. The van der Waals surface area contributed by atoms with E-state index in [4.69, 9.17) is 4.74 Å². The highest BCUT2D eigenvalue weighted by atomic mass is 16.5. The topological polar surface area (TPSA) is 99.2 Å². The van der Waals surface area contributed by atoms with Gasteiger partial charge in [-0.2, -0.15) is 0 Å². The van der Waals surface area contributed by atoms with E-state index in [-0.39, 0.29) is 12.5 Å². The molecule has 2 amide bonds. The average molecular weight is 556 g/mol. The summed E-state index contributed by atoms with van der Waals surface area (Å²) in [6, 6.07) is 26.3. The number of likely N-dealkylation sites (N-methyl/N-ethyl adjacent to an activating group) is 1. The molecular formula is C33H37N3O5. The Bertz CT molecular complexity index is 1380. The van der Waals surface area contributed by atoms with Crippen LogP contribution < -0.4 is 5.32 Å². The smallest absolute Gasteiger partial charge is 0.408 e. The van der Waals surface area contributed by atoms with Crippen molar-refractivity contribution in [3.05, 3.63) is 95.6 Å². The van der Waals surface area contributed by atoms with Gasteiger partial charge in [-0.05, 0) is 54.5 Å². The molecule has 0 spiro atoms. The molecular weight excluding hydrogens is 518 g/mol. The third-order valence-electron chi connectivity index (χ3n) is 8.72. The van der Waals surface area contributed by atoms with E-state index in [0.29, 0.717) is 25.9 Å². The van der Waals surface area contributed by atoms with Crippen LogP contribution in [0.1, 0.15) is 49.3 Å². The van der Waals surface area contributed by atoms with Crippen molar-refractivity contribution >= 4 is 18.0 Å². The lowest BCUT2D eigenvalue weighted by Gasteiger charge is -2.45. The molecule has 0 unspecified atom stereocenters. The van der Waals surface area contributed by atoms with Gasteiger partial charge in [0.1, 0.15) is 17.7 Å². The van der Waals surface area contributed by atoms with Crippen LogP contribution in [0.3, 0.4) is 0 Å². The summed E-state index contributed by atoms with van der Waals surface area (Å²) in [6.45, 7) is 4.95. The number of aliphatic carboxylic acids is 1. The Labute approximate surface area is 240 Å². The first-order chi connectivity index (χ1) is 19.6. The summed E-state index contributed by atoms with van der Waals surface area (Å²) in [5.74, 6) is -1.66. The van der Waals surface area contributed by atoms with Crippen molar-refractivity contribution < 1.29 is 24.2 Å². The molecule has 1 aliphatic heterocycles. The van der Waals surface area contributed by atoms with Gasteiger partial charge in [0.15, 0.2) is 0 Å². The van der Waals surface area contributed by atoms with Crippen molar-refractivity contribution in [2.24, 2.45) is 0 Å². The van der Waals surface area contributed by atoms with E-state index in [1.165, 1.54) is 31.4 Å². The Kier molecular flexibility index (Phi) is 7.87. The number of hydrogen-bond donors (Lipinski definition) is 2. The molecule has 1 aliphatic carbocycles. The molecule has 2 aliphatic rings. The van der Waals surface area contributed by atoms with Gasteiger partial charge in [-0.25, -0.2) is 9.59 Å². The number of amides is 2. The molecule has 8 nitrogen and oxygen atoms in total. The highest BCUT2D eigenvalue weighted by Crippen LogP contribution is 2.44. The normalized spacial score (nSPS) is 16.4. The van der Waals surface area contributed by atoms with Crippen LogP contribution in [0.2, 0.25) is 0 Å². The Morgan fingerprint density at radius 2 is 1.46 bits per heavy atom. The molecule has 3 aromatic rings. The molecule has 0 bridgehead atoms. The Balaban J connectivity index is 1.32. The molecule has 1 fully saturated rings. The quantitative estimate of drug-likeness (QED) is 0.411. The minimum Gasteiger partial charge on any atom is -0.480 e. The number of carboxylic acids is 1. The third-order valence-corrected chi connectivity index (χ3v) is 8.72. The van der Waals surface area contributed by atoms with Gasteiger partial charge in [0.2, 0.25) is 5.91 Å². The molecule has 2 N–H and O–H groups in total. The zero-order chi connectivity index (χ0) is 29.2. The number of alkyl carbamates (subject to hydrolysis) is 1. The fraction of sp³-hybridized carbons (Fsp3) is 0.364. The highest BCUT2D eigenvalue weighted by Gasteiger charge is 2.49. The van der Waals surface area contributed by atoms with Crippen LogP contribution in [0.25, 0.3) is 11.1 Å². The lowest BCUT2D eigenvalue weighted by Crippen LogP contribution is -2.66. The minimum absolute atomic E-state index is 0.110. The SMILES string of the molecule is CN(C(=O)C1(NC(=O)OCC2c3ccccc3-c3ccccc32)CCN(Cc2ccccc2)CC1)C(C)(C)C(=O)O. The molecule has 5 rings (SSSR count). The summed E-state index contributed by atoms with van der Waals surface area (Å²) in [4.78, 5) is 42.7. The highest BCUT2D eigenvalue weighted by molar-refractivity contribution is 5.94. The first kappa shape index (κ1) is 28.4. The largest absolute Gasteiger partial charge is 0.480 e. The molecule has 1 heterocycles. The number of ether oxygens (including phenoxy) is 1. The van der Waals surface area contributed by atoms with Gasteiger partial charge in [-0.15, -0.1) is 0 Å². The van der Waals surface area contributed by atoms with E-state index >= 15 is 0 Å². The molecule has 1 saturated heterocycles. The van der Waals surface area contributed by atoms with E-state index in [1.807, 2.05) is 42.5 Å². The second-order valence-electron chi connectivity index (χ2n) is 11.5. The Hall–Kier alpha value is -4.17. The Morgan fingerprint density at radius 1 is 0.927 bits per heavy atom. The standard InChI is InChI=1S/C33H37N3O5/c1-32(2,30(38)39)35(3)29(37)33(17-19-36(20-18-33)21-23-11-5-4-6-12-23)34-31(40)41-22-28-26-15-9-7-13-24(26)25-14-8-10-16-27(25)28/h4-16,28H,17-22H2,1-3H3,(H,34,40)(H,38,39). The van der Waals surface area contributed by atoms with Crippen molar-refractivity contribution in [1.82, 2.24) is 15.1 Å². The first-order valence-electron chi connectivity index (χ1n) is 14.0. The number of rotatable bonds is 8. The maximum atomic E-state index is 13.9. The number of carbonyl (C=O) groups excluding carboxylic acids is 2. The summed E-state index contributed by atoms with van der Waals surface area (Å²) < 4.78 is 5.80. The molecule has 41 heavy (non-hydrogen) atoms. The lowest BCUT2D eigenvalue weighted by molar-refractivity contribution is -0.159. The maximum Gasteiger partial charge on any atom is 0.408 e. The maximum absolute atomic E-state index is 13.9. The van der Waals surface area contributed by atoms with Crippen molar-refractivity contribution in [2.75, 3.05) is 26.7 Å². The molecule has 0 atom stereocenters. The second-order valence-corrected chi connectivity index (χ2v) is 11.5. The number of benzene rings is 3. The van der Waals surface area contributed by atoms with E-state index in [9.17, 15) is 19.5 Å². The van der Waals surface area contributed by atoms with Crippen molar-refractivity contribution in [3.63, 3.8) is 0 Å². The van der Waals surface area contributed by atoms with Crippen molar-refractivity contribution in [3.8, 4) is 11.1 Å². The summed E-state index contributed by atoms with van der Waals surface area (Å²) in [5.41, 5.74) is 2.90. The number of carbonyl (C=O) groups is 3. The summed E-state index contributed by atoms with van der Waals surface area (Å²) >= 11 is 0. The summed E-state index contributed by atoms with van der Waals surface area (Å²) in [5, 5.41) is 12.7.